The van der Waals surface area contributed by atoms with Gasteiger partial charge in [-0.05, 0) is 23.8 Å². The number of aromatic amines is 1. The number of aromatic nitrogens is 4. The average molecular weight is 170 g/mol. The van der Waals surface area contributed by atoms with Gasteiger partial charge in [0.2, 0.25) is 0 Å². The van der Waals surface area contributed by atoms with Crippen molar-refractivity contribution in [2.75, 3.05) is 0 Å². The molecule has 1 rings (SSSR count). The summed E-state index contributed by atoms with van der Waals surface area (Å²) in [6.45, 7) is 3.24. The first-order valence-electron chi connectivity index (χ1n) is 3.67. The topological polar surface area (TPSA) is 80.6 Å². The number of ketones is 1. The summed E-state index contributed by atoms with van der Waals surface area (Å²) in [7, 11) is 0. The molecule has 66 valence electrons. The molecule has 0 aromatic carbocycles. The second kappa shape index (κ2) is 3.29. The van der Waals surface area contributed by atoms with E-state index in [2.05, 4.69) is 15.5 Å². The van der Waals surface area contributed by atoms with E-state index in [1.807, 2.05) is 6.92 Å². The van der Waals surface area contributed by atoms with Gasteiger partial charge in [-0.15, -0.1) is 0 Å². The first-order valence-corrected chi connectivity index (χ1v) is 3.67. The molecule has 12 heavy (non-hydrogen) atoms. The molecule has 1 aromatic heterocycles. The molecule has 1 atom stereocenters. The van der Waals surface area contributed by atoms with E-state index < -0.39 is 11.7 Å². The number of carbonyl (C=O) groups is 1. The summed E-state index contributed by atoms with van der Waals surface area (Å²) in [5.74, 6) is -0.0894. The van der Waals surface area contributed by atoms with Gasteiger partial charge in [-0.1, -0.05) is 6.92 Å². The summed E-state index contributed by atoms with van der Waals surface area (Å²) in [6.07, 6.45) is 0.543. The lowest BCUT2D eigenvalue weighted by molar-refractivity contribution is -0.120. The molecule has 0 saturated carbocycles. The van der Waals surface area contributed by atoms with Crippen molar-refractivity contribution < 1.29 is 4.79 Å². The Morgan fingerprint density at radius 2 is 2.42 bits per heavy atom. The average Bonchev–Trinajstić information content (AvgIpc) is 2.38. The first-order chi connectivity index (χ1) is 5.66. The van der Waals surface area contributed by atoms with Gasteiger partial charge in [-0.2, -0.15) is 4.68 Å². The van der Waals surface area contributed by atoms with Crippen molar-refractivity contribution in [2.45, 2.75) is 26.3 Å². The number of nitrogens with zero attached hydrogens (tertiary/aromatic N) is 3. The van der Waals surface area contributed by atoms with Crippen LogP contribution in [0.1, 0.15) is 26.3 Å². The van der Waals surface area contributed by atoms with Crippen LogP contribution < -0.4 is 5.69 Å². The van der Waals surface area contributed by atoms with E-state index in [4.69, 9.17) is 0 Å². The lowest BCUT2D eigenvalue weighted by Crippen LogP contribution is -2.27. The number of H-pyrrole nitrogens is 1. The van der Waals surface area contributed by atoms with Crippen LogP contribution in [0.15, 0.2) is 4.79 Å². The predicted octanol–water partition coefficient (Wildman–Crippen LogP) is -0.493. The zero-order chi connectivity index (χ0) is 9.14. The van der Waals surface area contributed by atoms with E-state index in [0.717, 1.165) is 4.68 Å². The molecule has 0 aliphatic rings. The Kier molecular flexibility index (Phi) is 2.37. The molecule has 0 fully saturated rings. The van der Waals surface area contributed by atoms with Gasteiger partial charge in [-0.25, -0.2) is 9.89 Å². The van der Waals surface area contributed by atoms with Crippen molar-refractivity contribution in [3.8, 4) is 0 Å². The lowest BCUT2D eigenvalue weighted by atomic mass is 10.1. The summed E-state index contributed by atoms with van der Waals surface area (Å²) in [5, 5.41) is 8.91. The number of nitrogens with one attached hydrogen (secondary N) is 1. The van der Waals surface area contributed by atoms with Crippen LogP contribution in [0.25, 0.3) is 0 Å². The zero-order valence-corrected chi connectivity index (χ0v) is 6.94. The third-order valence-electron chi connectivity index (χ3n) is 1.65. The van der Waals surface area contributed by atoms with Crippen molar-refractivity contribution >= 4 is 5.78 Å². The number of rotatable bonds is 3. The molecule has 1 N–H and O–H groups in total. The van der Waals surface area contributed by atoms with E-state index in [-0.39, 0.29) is 5.78 Å². The molecule has 0 aliphatic heterocycles. The van der Waals surface area contributed by atoms with Gasteiger partial charge in [0, 0.05) is 0 Å². The zero-order valence-electron chi connectivity index (χ0n) is 6.94. The van der Waals surface area contributed by atoms with Gasteiger partial charge < -0.3 is 0 Å². The molecule has 0 aliphatic carbocycles. The Bertz CT molecular complexity index is 326. The second-order valence-corrected chi connectivity index (χ2v) is 2.49. The van der Waals surface area contributed by atoms with Gasteiger partial charge in [0.05, 0.1) is 0 Å². The molecule has 6 heteroatoms. The maximum absolute atomic E-state index is 11.0. The maximum atomic E-state index is 11.0. The Hall–Kier alpha value is -1.46. The summed E-state index contributed by atoms with van der Waals surface area (Å²) in [4.78, 5) is 21.9. The van der Waals surface area contributed by atoms with Crippen LogP contribution in [0.4, 0.5) is 0 Å². The molecule has 1 unspecified atom stereocenters. The van der Waals surface area contributed by atoms with Gasteiger partial charge in [0.15, 0.2) is 5.78 Å². The van der Waals surface area contributed by atoms with Crippen molar-refractivity contribution in [3.05, 3.63) is 10.5 Å². The fourth-order valence-electron chi connectivity index (χ4n) is 1.04. The molecule has 6 nitrogen and oxygen atoms in total. The first kappa shape index (κ1) is 8.63. The summed E-state index contributed by atoms with van der Waals surface area (Å²) in [6, 6.07) is -0.490. The standard InChI is InChI=1S/C6H10N4O2/c1-3-5(4(2)11)10-6(12)7-8-9-10/h5H,3H2,1-2H3,(H,7,9,12). The number of tetrazole rings is 1. The Balaban J connectivity index is 3.03. The maximum Gasteiger partial charge on any atom is 0.361 e. The summed E-state index contributed by atoms with van der Waals surface area (Å²) < 4.78 is 1.06. The van der Waals surface area contributed by atoms with Crippen molar-refractivity contribution in [3.63, 3.8) is 0 Å². The van der Waals surface area contributed by atoms with Gasteiger partial charge >= 0.3 is 5.69 Å². The molecular weight excluding hydrogens is 160 g/mol. The van der Waals surface area contributed by atoms with Crippen LogP contribution >= 0.6 is 0 Å². The molecule has 0 spiro atoms. The lowest BCUT2D eigenvalue weighted by Gasteiger charge is -2.07. The SMILES string of the molecule is CCC(C(C)=O)n1nn[nH]c1=O. The number of carbonyl (C=O) groups excluding carboxylic acids is 1. The minimum atomic E-state index is -0.490. The minimum Gasteiger partial charge on any atom is -0.298 e. The minimum absolute atomic E-state index is 0.0894. The van der Waals surface area contributed by atoms with Crippen LogP contribution in [0.5, 0.6) is 0 Å². The monoisotopic (exact) mass is 170 g/mol. The van der Waals surface area contributed by atoms with Crippen molar-refractivity contribution in [2.24, 2.45) is 0 Å². The molecule has 0 saturated heterocycles. The number of Topliss-reactive ketones (excluding diaryl/α,β-unsaturated/α-hetero) is 1. The molecular formula is C6H10N4O2. The fourth-order valence-corrected chi connectivity index (χ4v) is 1.04. The molecule has 1 heterocycles. The normalized spacial score (nSPS) is 12.8. The van der Waals surface area contributed by atoms with E-state index in [1.54, 1.807) is 0 Å². The van der Waals surface area contributed by atoms with Crippen LogP contribution in [-0.2, 0) is 4.79 Å². The van der Waals surface area contributed by atoms with Crippen LogP contribution in [0.2, 0.25) is 0 Å². The quantitative estimate of drug-likeness (QED) is 0.663. The molecule has 1 aromatic rings. The summed E-state index contributed by atoms with van der Waals surface area (Å²) >= 11 is 0. The highest BCUT2D eigenvalue weighted by Gasteiger charge is 2.17. The summed E-state index contributed by atoms with van der Waals surface area (Å²) in [5.41, 5.74) is -0.447. The van der Waals surface area contributed by atoms with Gasteiger partial charge in [0.25, 0.3) is 0 Å². The molecule has 0 amide bonds. The van der Waals surface area contributed by atoms with Crippen molar-refractivity contribution in [1.82, 2.24) is 20.2 Å². The highest BCUT2D eigenvalue weighted by atomic mass is 16.2. The van der Waals surface area contributed by atoms with Crippen LogP contribution in [0, 0.1) is 0 Å². The number of hydrogen-bond donors (Lipinski definition) is 1. The third kappa shape index (κ3) is 1.41. The van der Waals surface area contributed by atoms with Crippen LogP contribution in [0.3, 0.4) is 0 Å². The van der Waals surface area contributed by atoms with Gasteiger partial charge in [-0.3, -0.25) is 4.79 Å². The third-order valence-corrected chi connectivity index (χ3v) is 1.65. The largest absolute Gasteiger partial charge is 0.361 e. The Morgan fingerprint density at radius 3 is 2.75 bits per heavy atom. The smallest absolute Gasteiger partial charge is 0.298 e. The molecule has 0 radical (unpaired) electrons. The Labute approximate surface area is 68.6 Å². The predicted molar refractivity (Wildman–Crippen MR) is 40.7 cm³/mol. The van der Waals surface area contributed by atoms with Crippen molar-refractivity contribution in [1.29, 1.82) is 0 Å². The fraction of sp³-hybridized carbons (Fsp3) is 0.667. The van der Waals surface area contributed by atoms with E-state index in [9.17, 15) is 9.59 Å². The van der Waals surface area contributed by atoms with E-state index >= 15 is 0 Å². The van der Waals surface area contributed by atoms with Crippen LogP contribution in [-0.4, -0.2) is 26.0 Å². The Morgan fingerprint density at radius 1 is 1.75 bits per heavy atom. The second-order valence-electron chi connectivity index (χ2n) is 2.49. The number of hydrogen-bond acceptors (Lipinski definition) is 4. The van der Waals surface area contributed by atoms with E-state index in [0.29, 0.717) is 6.42 Å². The highest BCUT2D eigenvalue weighted by molar-refractivity contribution is 5.79. The molecule has 0 bridgehead atoms. The van der Waals surface area contributed by atoms with Gasteiger partial charge in [0.1, 0.15) is 6.04 Å². The highest BCUT2D eigenvalue weighted by Crippen LogP contribution is 2.06. The van der Waals surface area contributed by atoms with E-state index in [1.165, 1.54) is 6.92 Å².